The maximum atomic E-state index is 11.9. The van der Waals surface area contributed by atoms with Gasteiger partial charge in [0.05, 0.1) is 0 Å². The van der Waals surface area contributed by atoms with Gasteiger partial charge in [-0.05, 0) is 12.1 Å². The van der Waals surface area contributed by atoms with Crippen LogP contribution >= 0.6 is 0 Å². The summed E-state index contributed by atoms with van der Waals surface area (Å²) >= 11 is 0. The minimum atomic E-state index is -0.269. The van der Waals surface area contributed by atoms with Crippen LogP contribution in [0, 0.1) is 0 Å². The fourth-order valence-electron chi connectivity index (χ4n) is 1.82. The number of hydrogen-bond donors (Lipinski definition) is 4. The number of nitrogens with one attached hydrogen (secondary N) is 4. The topological polar surface area (TPSA) is 95.1 Å². The molecule has 0 saturated carbocycles. The second-order valence-corrected chi connectivity index (χ2v) is 4.42. The number of rotatable bonds is 0. The first-order valence-corrected chi connectivity index (χ1v) is 6.72. The van der Waals surface area contributed by atoms with Crippen LogP contribution in [0.1, 0.15) is 21.0 Å². The number of carbonyl (C=O) groups excluding carboxylic acids is 2. The maximum Gasteiger partial charge on any atom is 2.00 e. The fraction of sp³-hybridized carbons (Fsp3) is 0.462. The van der Waals surface area contributed by atoms with E-state index in [4.69, 9.17) is 0 Å². The Morgan fingerprint density at radius 1 is 0.762 bits per heavy atom. The second-order valence-electron chi connectivity index (χ2n) is 4.42. The van der Waals surface area contributed by atoms with Gasteiger partial charge >= 0.3 is 16.5 Å². The molecule has 0 spiro atoms. The Morgan fingerprint density at radius 2 is 1.19 bits per heavy atom. The number of carbonyl (C=O) groups is 2. The Balaban J connectivity index is 0.00000220. The van der Waals surface area contributed by atoms with E-state index in [1.807, 2.05) is 0 Å². The van der Waals surface area contributed by atoms with Gasteiger partial charge in [-0.25, -0.2) is 4.98 Å². The predicted molar refractivity (Wildman–Crippen MR) is 74.6 cm³/mol. The minimum Gasteiger partial charge on any atom is -0.349 e. The van der Waals surface area contributed by atoms with E-state index in [0.717, 1.165) is 13.1 Å². The molecule has 21 heavy (non-hydrogen) atoms. The van der Waals surface area contributed by atoms with Crippen LogP contribution in [0.2, 0.25) is 0 Å². The normalized spacial score (nSPS) is 17.5. The van der Waals surface area contributed by atoms with E-state index in [1.54, 1.807) is 18.2 Å². The van der Waals surface area contributed by atoms with Gasteiger partial charge in [0.15, 0.2) is 0 Å². The van der Waals surface area contributed by atoms with Gasteiger partial charge in [0.2, 0.25) is 0 Å². The quantitative estimate of drug-likeness (QED) is 0.444. The summed E-state index contributed by atoms with van der Waals surface area (Å²) in [4.78, 5) is 27.8. The number of amides is 2. The Labute approximate surface area is 133 Å². The van der Waals surface area contributed by atoms with Gasteiger partial charge in [0, 0.05) is 39.3 Å². The average Bonchev–Trinajstić information content (AvgIpc) is 2.48. The Morgan fingerprint density at radius 3 is 1.67 bits per heavy atom. The van der Waals surface area contributed by atoms with E-state index in [1.165, 1.54) is 0 Å². The van der Waals surface area contributed by atoms with Crippen LogP contribution in [-0.2, 0) is 16.5 Å². The van der Waals surface area contributed by atoms with Crippen molar-refractivity contribution in [2.24, 2.45) is 0 Å². The summed E-state index contributed by atoms with van der Waals surface area (Å²) in [6, 6.07) is 4.85. The minimum absolute atomic E-state index is 0. The molecule has 0 radical (unpaired) electrons. The first-order valence-electron chi connectivity index (χ1n) is 6.72. The molecule has 2 heterocycles. The number of hydrogen-bond acceptors (Lipinski definition) is 5. The van der Waals surface area contributed by atoms with Crippen molar-refractivity contribution in [1.29, 1.82) is 0 Å². The first-order chi connectivity index (χ1) is 9.77. The molecule has 0 atom stereocenters. The molecule has 1 aliphatic rings. The van der Waals surface area contributed by atoms with Crippen molar-refractivity contribution in [2.75, 3.05) is 39.3 Å². The van der Waals surface area contributed by atoms with Gasteiger partial charge in [-0.2, -0.15) is 0 Å². The zero-order valence-corrected chi connectivity index (χ0v) is 12.5. The zero-order valence-electron chi connectivity index (χ0n) is 11.6. The molecular formula is C13H19N5NiO2+2. The largest absolute Gasteiger partial charge is 2.00 e. The predicted octanol–water partition coefficient (Wildman–Crippen LogP) is -1.27. The maximum absolute atomic E-state index is 11.9. The standard InChI is InChI=1S/C13H19N5O2.Ni/c19-12-10-2-1-3-11(18-10)13(20)17-9-7-15-5-4-14-6-8-16-12;/h1-3,14-15H,4-9H2,(H,16,19)(H,17,20);/q;+2. The van der Waals surface area contributed by atoms with Crippen molar-refractivity contribution in [2.45, 2.75) is 0 Å². The third kappa shape index (κ3) is 5.79. The summed E-state index contributed by atoms with van der Waals surface area (Å²) in [5.41, 5.74) is 0.510. The zero-order chi connectivity index (χ0) is 14.2. The summed E-state index contributed by atoms with van der Waals surface area (Å²) in [7, 11) is 0. The van der Waals surface area contributed by atoms with E-state index in [2.05, 4.69) is 26.3 Å². The molecule has 0 aliphatic carbocycles. The van der Waals surface area contributed by atoms with Crippen molar-refractivity contribution in [1.82, 2.24) is 26.3 Å². The van der Waals surface area contributed by atoms with Crippen LogP contribution < -0.4 is 21.3 Å². The molecule has 1 aromatic rings. The smallest absolute Gasteiger partial charge is 0.349 e. The molecule has 116 valence electrons. The van der Waals surface area contributed by atoms with E-state index < -0.39 is 0 Å². The van der Waals surface area contributed by atoms with Crippen LogP contribution in [0.3, 0.4) is 0 Å². The van der Waals surface area contributed by atoms with Crippen molar-refractivity contribution in [3.63, 3.8) is 0 Å². The number of aromatic nitrogens is 1. The van der Waals surface area contributed by atoms with Gasteiger partial charge in [-0.1, -0.05) is 6.07 Å². The van der Waals surface area contributed by atoms with Gasteiger partial charge in [0.25, 0.3) is 11.8 Å². The second kappa shape index (κ2) is 9.44. The Bertz CT molecular complexity index is 444. The molecule has 2 bridgehead atoms. The molecular weight excluding hydrogens is 317 g/mol. The van der Waals surface area contributed by atoms with Crippen molar-refractivity contribution >= 4 is 11.8 Å². The average molecular weight is 336 g/mol. The molecule has 2 rings (SSSR count). The van der Waals surface area contributed by atoms with Crippen LogP contribution in [0.4, 0.5) is 0 Å². The third-order valence-corrected chi connectivity index (χ3v) is 2.87. The van der Waals surface area contributed by atoms with Crippen LogP contribution in [0.25, 0.3) is 0 Å². The van der Waals surface area contributed by atoms with Gasteiger partial charge < -0.3 is 21.3 Å². The van der Waals surface area contributed by atoms with Crippen molar-refractivity contribution < 1.29 is 26.1 Å². The molecule has 7 nitrogen and oxygen atoms in total. The molecule has 1 aliphatic heterocycles. The van der Waals surface area contributed by atoms with Crippen molar-refractivity contribution in [3.05, 3.63) is 29.6 Å². The monoisotopic (exact) mass is 335 g/mol. The summed E-state index contributed by atoms with van der Waals surface area (Å²) < 4.78 is 0. The SMILES string of the molecule is O=C1NCCNCCNCCNC(=O)c2cccc1n2.[Ni+2]. The van der Waals surface area contributed by atoms with E-state index in [-0.39, 0.29) is 39.7 Å². The third-order valence-electron chi connectivity index (χ3n) is 2.87. The summed E-state index contributed by atoms with van der Waals surface area (Å²) in [6.45, 7) is 4.08. The molecule has 1 aromatic heterocycles. The molecule has 0 saturated heterocycles. The molecule has 0 fully saturated rings. The molecule has 8 heteroatoms. The van der Waals surface area contributed by atoms with E-state index in [0.29, 0.717) is 26.2 Å². The van der Waals surface area contributed by atoms with Gasteiger partial charge in [-0.3, -0.25) is 9.59 Å². The number of fused-ring (bicyclic) bond motifs is 2. The molecule has 4 N–H and O–H groups in total. The molecule has 0 aromatic carbocycles. The Kier molecular flexibility index (Phi) is 7.89. The molecule has 2 amide bonds. The van der Waals surface area contributed by atoms with Crippen LogP contribution in [0.5, 0.6) is 0 Å². The summed E-state index contributed by atoms with van der Waals surface area (Å²) in [5, 5.41) is 11.9. The number of pyridine rings is 1. The van der Waals surface area contributed by atoms with Gasteiger partial charge in [0.1, 0.15) is 11.4 Å². The Hall–Kier alpha value is -1.50. The fourth-order valence-corrected chi connectivity index (χ4v) is 1.82. The van der Waals surface area contributed by atoms with Crippen molar-refractivity contribution in [3.8, 4) is 0 Å². The van der Waals surface area contributed by atoms with Gasteiger partial charge in [-0.15, -0.1) is 0 Å². The first kappa shape index (κ1) is 17.6. The van der Waals surface area contributed by atoms with E-state index in [9.17, 15) is 9.59 Å². The summed E-state index contributed by atoms with van der Waals surface area (Å²) in [6.07, 6.45) is 0. The van der Waals surface area contributed by atoms with Crippen LogP contribution in [0.15, 0.2) is 18.2 Å². The van der Waals surface area contributed by atoms with E-state index >= 15 is 0 Å². The molecule has 0 unspecified atom stereocenters. The van der Waals surface area contributed by atoms with Crippen LogP contribution in [-0.4, -0.2) is 56.1 Å². The number of nitrogens with zero attached hydrogens (tertiary/aromatic N) is 1. The summed E-state index contributed by atoms with van der Waals surface area (Å²) in [5.74, 6) is -0.538.